The monoisotopic (exact) mass is 243 g/mol. The first-order chi connectivity index (χ1) is 7.30. The highest BCUT2D eigenvalue weighted by molar-refractivity contribution is 7.16. The first kappa shape index (κ1) is 10.1. The van der Waals surface area contributed by atoms with E-state index in [0.717, 1.165) is 43.4 Å². The molecule has 1 aromatic heterocycles. The van der Waals surface area contributed by atoms with Crippen molar-refractivity contribution < 1.29 is 4.74 Å². The van der Waals surface area contributed by atoms with Gasteiger partial charge in [0, 0.05) is 30.2 Å². The van der Waals surface area contributed by atoms with Crippen molar-refractivity contribution in [2.24, 2.45) is 0 Å². The fourth-order valence-electron chi connectivity index (χ4n) is 2.66. The number of halogens is 1. The van der Waals surface area contributed by atoms with E-state index in [1.807, 2.05) is 0 Å². The van der Waals surface area contributed by atoms with E-state index in [1.165, 1.54) is 10.4 Å². The third kappa shape index (κ3) is 1.62. The molecule has 2 aliphatic rings. The lowest BCUT2D eigenvalue weighted by atomic mass is 9.80. The van der Waals surface area contributed by atoms with Crippen LogP contribution in [-0.4, -0.2) is 19.8 Å². The van der Waals surface area contributed by atoms with Crippen LogP contribution in [0.5, 0.6) is 0 Å². The molecule has 0 saturated carbocycles. The normalized spacial score (nSPS) is 24.1. The average Bonchev–Trinajstić information content (AvgIpc) is 2.62. The molecule has 0 aliphatic carbocycles. The van der Waals surface area contributed by atoms with Crippen molar-refractivity contribution in [1.82, 2.24) is 5.32 Å². The Kier molecular flexibility index (Phi) is 2.51. The Balaban J connectivity index is 2.03. The lowest BCUT2D eigenvalue weighted by Crippen LogP contribution is -2.50. The lowest BCUT2D eigenvalue weighted by molar-refractivity contribution is 0.0345. The van der Waals surface area contributed by atoms with Gasteiger partial charge in [0.1, 0.15) is 0 Å². The quantitative estimate of drug-likeness (QED) is 0.756. The van der Waals surface area contributed by atoms with Crippen LogP contribution < -0.4 is 5.32 Å². The van der Waals surface area contributed by atoms with Crippen molar-refractivity contribution in [3.05, 3.63) is 20.8 Å². The van der Waals surface area contributed by atoms with Gasteiger partial charge in [-0.15, -0.1) is 11.3 Å². The highest BCUT2D eigenvalue weighted by Gasteiger charge is 2.38. The number of fused-ring (bicyclic) bond motifs is 2. The Morgan fingerprint density at radius 1 is 1.40 bits per heavy atom. The fraction of sp³-hybridized carbons (Fsp3) is 0.636. The highest BCUT2D eigenvalue weighted by atomic mass is 35.5. The summed E-state index contributed by atoms with van der Waals surface area (Å²) in [6.07, 6.45) is 3.27. The molecule has 0 aromatic carbocycles. The van der Waals surface area contributed by atoms with Crippen LogP contribution in [0.3, 0.4) is 0 Å². The van der Waals surface area contributed by atoms with E-state index in [0.29, 0.717) is 0 Å². The van der Waals surface area contributed by atoms with E-state index in [4.69, 9.17) is 16.3 Å². The fourth-order valence-corrected chi connectivity index (χ4v) is 4.03. The van der Waals surface area contributed by atoms with Gasteiger partial charge < -0.3 is 10.1 Å². The van der Waals surface area contributed by atoms with Crippen molar-refractivity contribution in [3.8, 4) is 0 Å². The van der Waals surface area contributed by atoms with Crippen LogP contribution in [0, 0.1) is 0 Å². The molecule has 1 fully saturated rings. The van der Waals surface area contributed by atoms with E-state index in [2.05, 4.69) is 11.4 Å². The first-order valence-electron chi connectivity index (χ1n) is 5.42. The molecular formula is C11H14ClNOS. The zero-order valence-corrected chi connectivity index (χ0v) is 10.1. The van der Waals surface area contributed by atoms with E-state index >= 15 is 0 Å². The predicted molar refractivity (Wildman–Crippen MR) is 62.8 cm³/mol. The van der Waals surface area contributed by atoms with Crippen molar-refractivity contribution in [2.45, 2.75) is 24.8 Å². The molecule has 2 aliphatic heterocycles. The summed E-state index contributed by atoms with van der Waals surface area (Å²) >= 11 is 7.86. The van der Waals surface area contributed by atoms with Crippen LogP contribution in [0.25, 0.3) is 0 Å². The van der Waals surface area contributed by atoms with Crippen molar-refractivity contribution >= 4 is 22.9 Å². The van der Waals surface area contributed by atoms with Gasteiger partial charge in [0.25, 0.3) is 0 Å². The van der Waals surface area contributed by atoms with Gasteiger partial charge in [0.05, 0.1) is 4.34 Å². The standard InChI is InChI=1S/C11H14ClNOS/c12-10-7-8-9(15-10)1-4-13-11(8)2-5-14-6-3-11/h7,13H,1-6H2. The second kappa shape index (κ2) is 3.74. The number of nitrogens with one attached hydrogen (secondary N) is 1. The number of rotatable bonds is 0. The summed E-state index contributed by atoms with van der Waals surface area (Å²) in [5.74, 6) is 0. The minimum atomic E-state index is 0.162. The minimum Gasteiger partial charge on any atom is -0.381 e. The summed E-state index contributed by atoms with van der Waals surface area (Å²) in [5.41, 5.74) is 1.60. The largest absolute Gasteiger partial charge is 0.381 e. The second-order valence-corrected chi connectivity index (χ2v) is 6.03. The van der Waals surface area contributed by atoms with Gasteiger partial charge in [-0.25, -0.2) is 0 Å². The smallest absolute Gasteiger partial charge is 0.0934 e. The molecule has 3 rings (SSSR count). The van der Waals surface area contributed by atoms with Gasteiger partial charge in [-0.2, -0.15) is 0 Å². The maximum Gasteiger partial charge on any atom is 0.0934 e. The number of ether oxygens (including phenoxy) is 1. The van der Waals surface area contributed by atoms with Gasteiger partial charge in [-0.1, -0.05) is 11.6 Å². The maximum atomic E-state index is 6.11. The molecule has 2 nitrogen and oxygen atoms in total. The summed E-state index contributed by atoms with van der Waals surface area (Å²) in [7, 11) is 0. The number of hydrogen-bond donors (Lipinski definition) is 1. The molecular weight excluding hydrogens is 230 g/mol. The molecule has 0 radical (unpaired) electrons. The van der Waals surface area contributed by atoms with Gasteiger partial charge in [-0.3, -0.25) is 0 Å². The Bertz CT molecular complexity index is 371. The van der Waals surface area contributed by atoms with E-state index in [1.54, 1.807) is 11.3 Å². The zero-order valence-electron chi connectivity index (χ0n) is 8.51. The zero-order chi connectivity index (χ0) is 10.3. The third-order valence-corrected chi connectivity index (χ3v) is 4.78. The maximum absolute atomic E-state index is 6.11. The van der Waals surface area contributed by atoms with Crippen LogP contribution in [0.2, 0.25) is 4.34 Å². The van der Waals surface area contributed by atoms with Gasteiger partial charge in [-0.05, 0) is 30.9 Å². The number of hydrogen-bond acceptors (Lipinski definition) is 3. The average molecular weight is 244 g/mol. The third-order valence-electron chi connectivity index (χ3n) is 3.46. The summed E-state index contributed by atoms with van der Waals surface area (Å²) < 4.78 is 6.37. The Hall–Kier alpha value is -0.0900. The van der Waals surface area contributed by atoms with E-state index in [9.17, 15) is 0 Å². The van der Waals surface area contributed by atoms with Crippen LogP contribution >= 0.6 is 22.9 Å². The van der Waals surface area contributed by atoms with Crippen molar-refractivity contribution in [2.75, 3.05) is 19.8 Å². The van der Waals surface area contributed by atoms with E-state index < -0.39 is 0 Å². The molecule has 3 heterocycles. The molecule has 4 heteroatoms. The van der Waals surface area contributed by atoms with Crippen molar-refractivity contribution in [1.29, 1.82) is 0 Å². The first-order valence-corrected chi connectivity index (χ1v) is 6.61. The molecule has 15 heavy (non-hydrogen) atoms. The molecule has 0 amide bonds. The van der Waals surface area contributed by atoms with Crippen LogP contribution in [0.15, 0.2) is 6.07 Å². The lowest BCUT2D eigenvalue weighted by Gasteiger charge is -2.41. The van der Waals surface area contributed by atoms with Gasteiger partial charge in [0.15, 0.2) is 0 Å². The molecule has 82 valence electrons. The Morgan fingerprint density at radius 3 is 3.00 bits per heavy atom. The van der Waals surface area contributed by atoms with Crippen LogP contribution in [-0.2, 0) is 16.7 Å². The van der Waals surface area contributed by atoms with Crippen LogP contribution in [0.4, 0.5) is 0 Å². The Morgan fingerprint density at radius 2 is 2.20 bits per heavy atom. The minimum absolute atomic E-state index is 0.162. The Labute approximate surface area is 98.6 Å². The van der Waals surface area contributed by atoms with Gasteiger partial charge >= 0.3 is 0 Å². The molecule has 0 atom stereocenters. The summed E-state index contributed by atoms with van der Waals surface area (Å²) in [4.78, 5) is 1.47. The second-order valence-electron chi connectivity index (χ2n) is 4.26. The molecule has 1 spiro atoms. The highest BCUT2D eigenvalue weighted by Crippen LogP contribution is 2.41. The topological polar surface area (TPSA) is 21.3 Å². The summed E-state index contributed by atoms with van der Waals surface area (Å²) in [6.45, 7) is 2.80. The summed E-state index contributed by atoms with van der Waals surface area (Å²) in [6, 6.07) is 2.15. The SMILES string of the molecule is Clc1cc2c(s1)CCNC21CCOCC1. The molecule has 1 saturated heterocycles. The molecule has 1 aromatic rings. The summed E-state index contributed by atoms with van der Waals surface area (Å²) in [5, 5.41) is 3.67. The van der Waals surface area contributed by atoms with Gasteiger partial charge in [0.2, 0.25) is 0 Å². The van der Waals surface area contributed by atoms with E-state index in [-0.39, 0.29) is 5.54 Å². The van der Waals surface area contributed by atoms with Crippen molar-refractivity contribution in [3.63, 3.8) is 0 Å². The molecule has 0 bridgehead atoms. The molecule has 1 N–H and O–H groups in total. The predicted octanol–water partition coefficient (Wildman–Crippen LogP) is 2.55. The number of thiophene rings is 1. The molecule has 0 unspecified atom stereocenters. The van der Waals surface area contributed by atoms with Crippen LogP contribution in [0.1, 0.15) is 23.3 Å².